The van der Waals surface area contributed by atoms with Gasteiger partial charge in [0.25, 0.3) is 0 Å². The molecule has 4 rings (SSSR count). The third-order valence-corrected chi connectivity index (χ3v) is 5.15. The summed E-state index contributed by atoms with van der Waals surface area (Å²) in [5.41, 5.74) is 1.60. The van der Waals surface area contributed by atoms with Crippen LogP contribution in [0.25, 0.3) is 22.1 Å². The van der Waals surface area contributed by atoms with Gasteiger partial charge in [0.15, 0.2) is 0 Å². The van der Waals surface area contributed by atoms with E-state index in [9.17, 15) is 10.1 Å². The number of rotatable bonds is 4. The van der Waals surface area contributed by atoms with Crippen LogP contribution in [0.5, 0.6) is 0 Å². The SMILES string of the molecule is O=[N+]([O-])C(C(Cl)=C(Cl)Br)=C(n1nnc2ccccc21)n1nnc2ccccc21. The van der Waals surface area contributed by atoms with Crippen molar-refractivity contribution in [1.29, 1.82) is 0 Å². The average molecular weight is 481 g/mol. The van der Waals surface area contributed by atoms with Crippen LogP contribution in [-0.4, -0.2) is 34.9 Å². The zero-order chi connectivity index (χ0) is 19.8. The first-order valence-corrected chi connectivity index (χ1v) is 9.25. The first-order valence-electron chi connectivity index (χ1n) is 7.70. The molecule has 0 atom stereocenters. The van der Waals surface area contributed by atoms with E-state index in [1.807, 2.05) is 0 Å². The van der Waals surface area contributed by atoms with Crippen molar-refractivity contribution in [2.75, 3.05) is 0 Å². The average Bonchev–Trinajstić information content (AvgIpc) is 3.30. The highest BCUT2D eigenvalue weighted by molar-refractivity contribution is 9.12. The number of para-hydroxylation sites is 2. The molecule has 0 fully saturated rings. The van der Waals surface area contributed by atoms with Gasteiger partial charge in [-0.15, -0.1) is 10.2 Å². The minimum atomic E-state index is -0.659. The normalized spacial score (nSPS) is 12.2. The maximum absolute atomic E-state index is 12.0. The molecule has 12 heteroatoms. The van der Waals surface area contributed by atoms with Gasteiger partial charge in [0, 0.05) is 0 Å². The largest absolute Gasteiger partial charge is 0.334 e. The molecule has 0 saturated heterocycles. The van der Waals surface area contributed by atoms with Crippen LogP contribution in [0.3, 0.4) is 0 Å². The second-order valence-corrected chi connectivity index (χ2v) is 7.49. The zero-order valence-electron chi connectivity index (χ0n) is 13.7. The molecule has 0 aliphatic heterocycles. The fourth-order valence-corrected chi connectivity index (χ4v) is 3.12. The van der Waals surface area contributed by atoms with Crippen LogP contribution in [-0.2, 0) is 0 Å². The van der Waals surface area contributed by atoms with Gasteiger partial charge >= 0.3 is 5.70 Å². The molecule has 0 radical (unpaired) electrons. The van der Waals surface area contributed by atoms with Crippen molar-refractivity contribution in [2.24, 2.45) is 0 Å². The van der Waals surface area contributed by atoms with Crippen LogP contribution < -0.4 is 0 Å². The number of benzene rings is 2. The molecule has 0 spiro atoms. The molecule has 2 aromatic heterocycles. The standard InChI is InChI=1S/C16H8BrCl2N7O2/c17-15(19)13(18)14(26(27)28)16(24-11-7-3-1-5-9(11)20-22-24)25-12-8-4-2-6-10(12)21-23-25/h1-8H. The predicted molar refractivity (Wildman–Crippen MR) is 107 cm³/mol. The number of hydrogen-bond acceptors (Lipinski definition) is 6. The van der Waals surface area contributed by atoms with Crippen molar-refractivity contribution in [3.05, 3.63) is 79.1 Å². The quantitative estimate of drug-likeness (QED) is 0.248. The Morgan fingerprint density at radius 3 is 1.82 bits per heavy atom. The van der Waals surface area contributed by atoms with Crippen molar-refractivity contribution in [3.8, 4) is 0 Å². The Morgan fingerprint density at radius 2 is 1.39 bits per heavy atom. The van der Waals surface area contributed by atoms with Gasteiger partial charge in [0.05, 0.1) is 16.0 Å². The topological polar surface area (TPSA) is 105 Å². The summed E-state index contributed by atoms with van der Waals surface area (Å²) in [5, 5.41) is 27.9. The molecule has 2 aromatic carbocycles. The van der Waals surface area contributed by atoms with Crippen molar-refractivity contribution in [3.63, 3.8) is 0 Å². The number of halogens is 3. The Kier molecular flexibility index (Phi) is 4.84. The lowest BCUT2D eigenvalue weighted by atomic mass is 10.3. The molecule has 4 aromatic rings. The van der Waals surface area contributed by atoms with E-state index in [-0.39, 0.29) is 14.8 Å². The summed E-state index contributed by atoms with van der Waals surface area (Å²) in [6.45, 7) is 0. The first kappa shape index (κ1) is 18.5. The minimum absolute atomic E-state index is 0.0741. The van der Waals surface area contributed by atoms with Crippen molar-refractivity contribution in [2.45, 2.75) is 0 Å². The Bertz CT molecular complexity index is 1210. The molecule has 0 N–H and O–H groups in total. The molecule has 0 saturated carbocycles. The highest BCUT2D eigenvalue weighted by Gasteiger charge is 2.31. The summed E-state index contributed by atoms with van der Waals surface area (Å²) in [6.07, 6.45) is 0. The van der Waals surface area contributed by atoms with Crippen LogP contribution in [0, 0.1) is 15.9 Å². The summed E-state index contributed by atoms with van der Waals surface area (Å²) >= 11 is 15.1. The molecule has 140 valence electrons. The first-order chi connectivity index (χ1) is 13.5. The molecule has 0 bridgehead atoms. The van der Waals surface area contributed by atoms with E-state index in [1.165, 1.54) is 9.36 Å². The van der Waals surface area contributed by atoms with Gasteiger partial charge in [-0.05, 0) is 40.2 Å². The van der Waals surface area contributed by atoms with Crippen LogP contribution in [0.2, 0.25) is 0 Å². The van der Waals surface area contributed by atoms with Crippen LogP contribution in [0.15, 0.2) is 63.2 Å². The Morgan fingerprint density at radius 1 is 0.929 bits per heavy atom. The van der Waals surface area contributed by atoms with Gasteiger partial charge < -0.3 is 0 Å². The fraction of sp³-hybridized carbons (Fsp3) is 0. The van der Waals surface area contributed by atoms with Crippen LogP contribution >= 0.6 is 39.1 Å². The number of hydrogen-bond donors (Lipinski definition) is 0. The summed E-state index contributed by atoms with van der Waals surface area (Å²) < 4.78 is 2.43. The number of aromatic nitrogens is 6. The summed E-state index contributed by atoms with van der Waals surface area (Å²) in [5.74, 6) is -0.0741. The molecule has 28 heavy (non-hydrogen) atoms. The van der Waals surface area contributed by atoms with Gasteiger partial charge in [-0.1, -0.05) is 57.9 Å². The molecular weight excluding hydrogens is 473 g/mol. The van der Waals surface area contributed by atoms with Crippen molar-refractivity contribution >= 4 is 61.2 Å². The number of allylic oxidation sites excluding steroid dienone is 1. The van der Waals surface area contributed by atoms with E-state index in [2.05, 4.69) is 36.6 Å². The predicted octanol–water partition coefficient (Wildman–Crippen LogP) is 3.99. The third kappa shape index (κ3) is 3.05. The second kappa shape index (κ2) is 7.30. The lowest BCUT2D eigenvalue weighted by Crippen LogP contribution is -2.21. The van der Waals surface area contributed by atoms with Crippen molar-refractivity contribution in [1.82, 2.24) is 30.0 Å². The number of nitro groups is 1. The Labute approximate surface area is 175 Å². The lowest BCUT2D eigenvalue weighted by Gasteiger charge is -2.10. The molecule has 0 aliphatic carbocycles. The Balaban J connectivity index is 2.17. The van der Waals surface area contributed by atoms with E-state index >= 15 is 0 Å². The summed E-state index contributed by atoms with van der Waals surface area (Å²) in [6, 6.07) is 14.0. The number of fused-ring (bicyclic) bond motifs is 2. The summed E-state index contributed by atoms with van der Waals surface area (Å²) in [7, 11) is 0. The van der Waals surface area contributed by atoms with E-state index in [0.29, 0.717) is 22.1 Å². The highest BCUT2D eigenvalue weighted by atomic mass is 79.9. The molecule has 0 aliphatic rings. The van der Waals surface area contributed by atoms with Crippen LogP contribution in [0.4, 0.5) is 0 Å². The molecule has 9 nitrogen and oxygen atoms in total. The fourth-order valence-electron chi connectivity index (χ4n) is 2.69. The molecule has 0 unspecified atom stereocenters. The monoisotopic (exact) mass is 479 g/mol. The van der Waals surface area contributed by atoms with E-state index in [1.54, 1.807) is 48.5 Å². The highest BCUT2D eigenvalue weighted by Crippen LogP contribution is 2.30. The number of nitrogens with zero attached hydrogens (tertiary/aromatic N) is 7. The molecule has 0 amide bonds. The second-order valence-electron chi connectivity index (χ2n) is 5.48. The maximum Gasteiger partial charge on any atom is 0.334 e. The van der Waals surface area contributed by atoms with Crippen molar-refractivity contribution < 1.29 is 4.92 Å². The molecular formula is C16H8BrCl2N7O2. The van der Waals surface area contributed by atoms with Gasteiger partial charge in [0.2, 0.25) is 5.82 Å². The smallest absolute Gasteiger partial charge is 0.258 e. The summed E-state index contributed by atoms with van der Waals surface area (Å²) in [4.78, 5) is 11.3. The lowest BCUT2D eigenvalue weighted by molar-refractivity contribution is -0.422. The zero-order valence-corrected chi connectivity index (χ0v) is 16.8. The van der Waals surface area contributed by atoms with E-state index in [4.69, 9.17) is 23.2 Å². The maximum atomic E-state index is 12.0. The van der Waals surface area contributed by atoms with Crippen LogP contribution in [0.1, 0.15) is 0 Å². The van der Waals surface area contributed by atoms with Gasteiger partial charge in [-0.3, -0.25) is 10.1 Å². The molecule has 2 heterocycles. The van der Waals surface area contributed by atoms with Gasteiger partial charge in [-0.25, -0.2) is 0 Å². The third-order valence-electron chi connectivity index (χ3n) is 3.87. The Hall–Kier alpha value is -2.82. The van der Waals surface area contributed by atoms with E-state index in [0.717, 1.165) is 0 Å². The van der Waals surface area contributed by atoms with E-state index < -0.39 is 10.6 Å². The van der Waals surface area contributed by atoms with Gasteiger partial charge in [-0.2, -0.15) is 9.36 Å². The van der Waals surface area contributed by atoms with Gasteiger partial charge in [0.1, 0.15) is 20.0 Å². The minimum Gasteiger partial charge on any atom is -0.258 e.